The van der Waals surface area contributed by atoms with Gasteiger partial charge in [0.25, 0.3) is 11.8 Å². The number of rotatable bonds is 6. The number of benzene rings is 2. The fraction of sp³-hybridized carbons (Fsp3) is 0.222. The number of halogens is 1. The van der Waals surface area contributed by atoms with Crippen LogP contribution in [0.1, 0.15) is 11.1 Å². The van der Waals surface area contributed by atoms with Gasteiger partial charge >= 0.3 is 0 Å². The largest absolute Gasteiger partial charge is 0.484 e. The van der Waals surface area contributed by atoms with E-state index >= 15 is 0 Å². The Morgan fingerprint density at radius 2 is 1.52 bits per heavy atom. The number of carbonyl (C=O) groups excluding carboxylic acids is 2. The van der Waals surface area contributed by atoms with Gasteiger partial charge in [0, 0.05) is 4.47 Å². The van der Waals surface area contributed by atoms with Crippen molar-refractivity contribution in [1.82, 2.24) is 10.9 Å². The molecule has 0 saturated carbocycles. The molecule has 0 saturated heterocycles. The Kier molecular flexibility index (Phi) is 6.82. The highest BCUT2D eigenvalue weighted by Crippen LogP contribution is 2.21. The highest BCUT2D eigenvalue weighted by atomic mass is 79.9. The van der Waals surface area contributed by atoms with Gasteiger partial charge in [-0.1, -0.05) is 28.1 Å². The van der Waals surface area contributed by atoms with Crippen molar-refractivity contribution in [2.24, 2.45) is 0 Å². The first-order valence-electron chi connectivity index (χ1n) is 7.60. The number of amides is 2. The third-order valence-corrected chi connectivity index (χ3v) is 4.09. The Labute approximate surface area is 154 Å². The van der Waals surface area contributed by atoms with Crippen LogP contribution in [0.2, 0.25) is 0 Å². The van der Waals surface area contributed by atoms with E-state index in [9.17, 15) is 9.59 Å². The molecule has 0 unspecified atom stereocenters. The molecule has 0 spiro atoms. The predicted molar refractivity (Wildman–Crippen MR) is 97.3 cm³/mol. The highest BCUT2D eigenvalue weighted by Gasteiger charge is 2.07. The molecule has 6 nitrogen and oxygen atoms in total. The molecule has 2 amide bonds. The van der Waals surface area contributed by atoms with Gasteiger partial charge in [-0.2, -0.15) is 0 Å². The lowest BCUT2D eigenvalue weighted by Crippen LogP contribution is -2.45. The second-order valence-electron chi connectivity index (χ2n) is 5.40. The van der Waals surface area contributed by atoms with Crippen LogP contribution in [0.15, 0.2) is 46.9 Å². The van der Waals surface area contributed by atoms with Gasteiger partial charge in [-0.15, -0.1) is 0 Å². The fourth-order valence-electron chi connectivity index (χ4n) is 1.92. The number of carbonyl (C=O) groups is 2. The maximum absolute atomic E-state index is 11.7. The van der Waals surface area contributed by atoms with Gasteiger partial charge < -0.3 is 9.47 Å². The monoisotopic (exact) mass is 406 g/mol. The Bertz CT molecular complexity index is 764. The predicted octanol–water partition coefficient (Wildman–Crippen LogP) is 2.67. The number of aryl methyl sites for hydroxylation is 2. The van der Waals surface area contributed by atoms with Crippen molar-refractivity contribution >= 4 is 27.7 Å². The van der Waals surface area contributed by atoms with Gasteiger partial charge in [0.1, 0.15) is 11.5 Å². The van der Waals surface area contributed by atoms with E-state index in [1.807, 2.05) is 44.2 Å². The van der Waals surface area contributed by atoms with Crippen LogP contribution in [0.4, 0.5) is 0 Å². The number of hydrogen-bond acceptors (Lipinski definition) is 4. The summed E-state index contributed by atoms with van der Waals surface area (Å²) in [6, 6.07) is 12.7. The minimum absolute atomic E-state index is 0.198. The number of nitrogens with one attached hydrogen (secondary N) is 2. The van der Waals surface area contributed by atoms with Crippen LogP contribution in [0.25, 0.3) is 0 Å². The molecule has 0 heterocycles. The molecular weight excluding hydrogens is 388 g/mol. The third-order valence-electron chi connectivity index (χ3n) is 3.20. The second kappa shape index (κ2) is 9.08. The summed E-state index contributed by atoms with van der Waals surface area (Å²) in [7, 11) is 0. The lowest BCUT2D eigenvalue weighted by atomic mass is 10.2. The molecular formula is C18H19BrN2O4. The molecule has 0 aliphatic heterocycles. The first-order valence-corrected chi connectivity index (χ1v) is 8.39. The zero-order valence-electron chi connectivity index (χ0n) is 14.0. The molecule has 2 aromatic rings. The Balaban J connectivity index is 1.68. The second-order valence-corrected chi connectivity index (χ2v) is 6.26. The topological polar surface area (TPSA) is 76.7 Å². The standard InChI is InChI=1S/C18H19BrN2O4/c1-12-4-3-5-14(8-12)24-10-17(22)20-21-18(23)11-25-15-6-7-16(19)13(2)9-15/h3-9H,10-11H2,1-2H3,(H,20,22)(H,21,23). The minimum Gasteiger partial charge on any atom is -0.484 e. The van der Waals surface area contributed by atoms with Crippen LogP contribution in [0.5, 0.6) is 11.5 Å². The molecule has 0 bridgehead atoms. The number of hydrogen-bond donors (Lipinski definition) is 2. The van der Waals surface area contributed by atoms with E-state index in [0.29, 0.717) is 11.5 Å². The Morgan fingerprint density at radius 3 is 2.08 bits per heavy atom. The summed E-state index contributed by atoms with van der Waals surface area (Å²) >= 11 is 3.39. The van der Waals surface area contributed by atoms with E-state index in [4.69, 9.17) is 9.47 Å². The SMILES string of the molecule is Cc1cccc(OCC(=O)NNC(=O)COc2ccc(Br)c(C)c2)c1. The summed E-state index contributed by atoms with van der Waals surface area (Å²) in [6.07, 6.45) is 0. The zero-order chi connectivity index (χ0) is 18.2. The average Bonchev–Trinajstić information content (AvgIpc) is 2.59. The average molecular weight is 407 g/mol. The molecule has 0 radical (unpaired) electrons. The van der Waals surface area contributed by atoms with Gasteiger partial charge in [-0.25, -0.2) is 0 Å². The summed E-state index contributed by atoms with van der Waals surface area (Å²) in [6.45, 7) is 3.45. The van der Waals surface area contributed by atoms with E-state index in [1.165, 1.54) is 0 Å². The fourth-order valence-corrected chi connectivity index (χ4v) is 2.17. The van der Waals surface area contributed by atoms with E-state index in [2.05, 4.69) is 26.8 Å². The lowest BCUT2D eigenvalue weighted by Gasteiger charge is -2.10. The molecule has 0 aliphatic carbocycles. The van der Waals surface area contributed by atoms with E-state index in [0.717, 1.165) is 15.6 Å². The molecule has 0 atom stereocenters. The first kappa shape index (κ1) is 18.8. The Morgan fingerprint density at radius 1 is 0.920 bits per heavy atom. The minimum atomic E-state index is -0.468. The summed E-state index contributed by atoms with van der Waals surface area (Å²) < 4.78 is 11.7. The molecule has 25 heavy (non-hydrogen) atoms. The third kappa shape index (κ3) is 6.46. The number of ether oxygens (including phenoxy) is 2. The van der Waals surface area contributed by atoms with Crippen molar-refractivity contribution < 1.29 is 19.1 Å². The quantitative estimate of drug-likeness (QED) is 0.722. The van der Waals surface area contributed by atoms with Crippen LogP contribution in [0.3, 0.4) is 0 Å². The van der Waals surface area contributed by atoms with Crippen LogP contribution in [-0.2, 0) is 9.59 Å². The summed E-state index contributed by atoms with van der Waals surface area (Å²) in [5.74, 6) is 0.235. The van der Waals surface area contributed by atoms with Crippen molar-refractivity contribution in [2.75, 3.05) is 13.2 Å². The van der Waals surface area contributed by atoms with Crippen LogP contribution in [-0.4, -0.2) is 25.0 Å². The molecule has 132 valence electrons. The first-order chi connectivity index (χ1) is 11.9. The molecule has 0 aromatic heterocycles. The summed E-state index contributed by atoms with van der Waals surface area (Å²) in [4.78, 5) is 23.4. The molecule has 2 N–H and O–H groups in total. The van der Waals surface area contributed by atoms with Crippen molar-refractivity contribution in [3.8, 4) is 11.5 Å². The molecule has 2 aromatic carbocycles. The van der Waals surface area contributed by atoms with Gasteiger partial charge in [-0.05, 0) is 55.3 Å². The Hall–Kier alpha value is -2.54. The highest BCUT2D eigenvalue weighted by molar-refractivity contribution is 9.10. The van der Waals surface area contributed by atoms with Crippen LogP contribution in [0, 0.1) is 13.8 Å². The summed E-state index contributed by atoms with van der Waals surface area (Å²) in [5.41, 5.74) is 6.58. The van der Waals surface area contributed by atoms with Gasteiger partial charge in [0.2, 0.25) is 0 Å². The molecule has 7 heteroatoms. The van der Waals surface area contributed by atoms with Crippen molar-refractivity contribution in [2.45, 2.75) is 13.8 Å². The van der Waals surface area contributed by atoms with Gasteiger partial charge in [0.05, 0.1) is 0 Å². The van der Waals surface area contributed by atoms with Crippen molar-refractivity contribution in [3.63, 3.8) is 0 Å². The molecule has 0 fully saturated rings. The zero-order valence-corrected chi connectivity index (χ0v) is 15.6. The van der Waals surface area contributed by atoms with Crippen LogP contribution >= 0.6 is 15.9 Å². The van der Waals surface area contributed by atoms with Gasteiger partial charge in [0.15, 0.2) is 13.2 Å². The van der Waals surface area contributed by atoms with Gasteiger partial charge in [-0.3, -0.25) is 20.4 Å². The van der Waals surface area contributed by atoms with Crippen molar-refractivity contribution in [1.29, 1.82) is 0 Å². The summed E-state index contributed by atoms with van der Waals surface area (Å²) in [5, 5.41) is 0. The number of hydrazine groups is 1. The maximum Gasteiger partial charge on any atom is 0.276 e. The van der Waals surface area contributed by atoms with E-state index in [-0.39, 0.29) is 13.2 Å². The smallest absolute Gasteiger partial charge is 0.276 e. The van der Waals surface area contributed by atoms with E-state index in [1.54, 1.807) is 12.1 Å². The van der Waals surface area contributed by atoms with Crippen LogP contribution < -0.4 is 20.3 Å². The molecule has 2 rings (SSSR count). The van der Waals surface area contributed by atoms with E-state index < -0.39 is 11.8 Å². The molecule has 0 aliphatic rings. The van der Waals surface area contributed by atoms with Crippen molar-refractivity contribution in [3.05, 3.63) is 58.1 Å². The maximum atomic E-state index is 11.7. The normalized spacial score (nSPS) is 10.0. The lowest BCUT2D eigenvalue weighted by molar-refractivity contribution is -0.131.